The normalized spacial score (nSPS) is 17.6. The molecule has 0 spiro atoms. The van der Waals surface area contributed by atoms with Crippen molar-refractivity contribution in [2.24, 2.45) is 16.5 Å². The highest BCUT2D eigenvalue weighted by Gasteiger charge is 2.28. The minimum absolute atomic E-state index is 0.0778. The van der Waals surface area contributed by atoms with E-state index in [0.717, 1.165) is 5.56 Å². The molecule has 45 heavy (non-hydrogen) atoms. The monoisotopic (exact) mass is 664 g/mol. The van der Waals surface area contributed by atoms with Crippen molar-refractivity contribution >= 4 is 45.4 Å². The predicted octanol–water partition coefficient (Wildman–Crippen LogP) is 2.65. The number of benzene rings is 2. The van der Waals surface area contributed by atoms with E-state index in [1.807, 2.05) is 4.72 Å². The molecule has 0 radical (unpaired) electrons. The molecule has 3 amide bonds. The van der Waals surface area contributed by atoms with Gasteiger partial charge in [0.05, 0.1) is 23.4 Å². The van der Waals surface area contributed by atoms with Crippen LogP contribution in [-0.2, 0) is 26.0 Å². The number of esters is 1. The van der Waals surface area contributed by atoms with Gasteiger partial charge < -0.3 is 31.6 Å². The lowest BCUT2D eigenvalue weighted by atomic mass is 9.93. The lowest BCUT2D eigenvalue weighted by Crippen LogP contribution is -2.46. The number of amides is 3. The van der Waals surface area contributed by atoms with Crippen LogP contribution in [0.4, 0.5) is 4.79 Å². The molecule has 246 valence electrons. The van der Waals surface area contributed by atoms with Gasteiger partial charge in [0.1, 0.15) is 17.9 Å². The minimum atomic E-state index is -4.12. The number of nitrogens with zero attached hydrogens (tertiary/aromatic N) is 1. The second-order valence-electron chi connectivity index (χ2n) is 10.8. The third-order valence-electron chi connectivity index (χ3n) is 7.20. The van der Waals surface area contributed by atoms with Crippen LogP contribution in [0.15, 0.2) is 52.4 Å². The van der Waals surface area contributed by atoms with E-state index < -0.39 is 28.1 Å². The Morgan fingerprint density at radius 2 is 1.78 bits per heavy atom. The first-order valence-corrected chi connectivity index (χ1v) is 16.5. The molecule has 7 N–H and O–H groups in total. The van der Waals surface area contributed by atoms with Gasteiger partial charge in [0, 0.05) is 24.2 Å². The van der Waals surface area contributed by atoms with Gasteiger partial charge in [-0.15, -0.1) is 0 Å². The number of hydrogen-bond donors (Lipinski definition) is 5. The molecule has 0 unspecified atom stereocenters. The quantitative estimate of drug-likeness (QED) is 0.0870. The number of carbonyl (C=O) groups excluding carboxylic acids is 3. The molecule has 1 atom stereocenters. The number of nitrogens with one attached hydrogen (secondary N) is 3. The number of carbonyl (C=O) groups is 3. The number of sulfonamides is 1. The van der Waals surface area contributed by atoms with Crippen molar-refractivity contribution < 1.29 is 32.3 Å². The third-order valence-corrected chi connectivity index (χ3v) is 8.78. The van der Waals surface area contributed by atoms with Crippen LogP contribution in [0.5, 0.6) is 5.75 Å². The lowest BCUT2D eigenvalue weighted by molar-refractivity contribution is -0.152. The van der Waals surface area contributed by atoms with Gasteiger partial charge in [-0.3, -0.25) is 14.6 Å². The summed E-state index contributed by atoms with van der Waals surface area (Å²) in [7, 11) is -2.65. The molecule has 0 bridgehead atoms. The molecule has 0 aromatic heterocycles. The van der Waals surface area contributed by atoms with Crippen LogP contribution in [0.1, 0.15) is 61.4 Å². The first-order chi connectivity index (χ1) is 21.4. The van der Waals surface area contributed by atoms with Gasteiger partial charge in [0.15, 0.2) is 0 Å². The smallest absolute Gasteiger partial charge is 0.328 e. The minimum Gasteiger partial charge on any atom is -0.496 e. The molecule has 0 saturated heterocycles. The number of aliphatic imine (C=N–C) groups is 1. The van der Waals surface area contributed by atoms with Crippen molar-refractivity contribution in [3.05, 3.63) is 58.6 Å². The van der Waals surface area contributed by atoms with Gasteiger partial charge in [0.25, 0.3) is 15.9 Å². The fourth-order valence-electron chi connectivity index (χ4n) is 4.77. The van der Waals surface area contributed by atoms with E-state index in [0.29, 0.717) is 80.2 Å². The Morgan fingerprint density at radius 3 is 2.42 bits per heavy atom. The Kier molecular flexibility index (Phi) is 13.4. The standard InChI is InChI=1S/C30H41ClN6O7S/c1-19(32)34-16-3-4-26(33)29(39)44-23-10-8-22(9-11-23)36-30(40)37-45(41,42)24-12-5-20(6-13-24)15-17-35-28(38)25-18-21(31)7-14-27(25)43-2/h5-7,12-14,18,22-23,26H,3-4,8-11,15-17,33H2,1-2H3,(H2,32,34)(H,35,38)(H2,36,37,40)/t22?,23?,26-/m0/s1. The molecule has 1 aliphatic carbocycles. The summed E-state index contributed by atoms with van der Waals surface area (Å²) in [6.07, 6.45) is 3.23. The second kappa shape index (κ2) is 17.0. The van der Waals surface area contributed by atoms with E-state index in [2.05, 4.69) is 15.6 Å². The number of halogens is 1. The van der Waals surface area contributed by atoms with E-state index in [4.69, 9.17) is 32.5 Å². The SMILES string of the molecule is COc1ccc(Cl)cc1C(=O)NCCc1ccc(S(=O)(=O)NC(=O)NC2CCC(OC(=O)[C@@H](N)CCCN=C(C)N)CC2)cc1. The molecule has 0 aliphatic heterocycles. The number of rotatable bonds is 14. The maximum atomic E-state index is 12.8. The molecular formula is C30H41ClN6O7S. The zero-order chi connectivity index (χ0) is 33.0. The van der Waals surface area contributed by atoms with Gasteiger partial charge >= 0.3 is 12.0 Å². The molecular weight excluding hydrogens is 624 g/mol. The molecule has 13 nitrogen and oxygen atoms in total. The van der Waals surface area contributed by atoms with Crippen LogP contribution in [0, 0.1) is 0 Å². The Balaban J connectivity index is 1.39. The number of urea groups is 1. The summed E-state index contributed by atoms with van der Waals surface area (Å²) < 4.78 is 38.3. The number of ether oxygens (including phenoxy) is 2. The summed E-state index contributed by atoms with van der Waals surface area (Å²) in [5, 5.41) is 5.88. The van der Waals surface area contributed by atoms with Crippen molar-refractivity contribution in [3.63, 3.8) is 0 Å². The maximum Gasteiger partial charge on any atom is 0.328 e. The fourth-order valence-corrected chi connectivity index (χ4v) is 5.85. The van der Waals surface area contributed by atoms with Gasteiger partial charge in [-0.05, 0) is 87.8 Å². The van der Waals surface area contributed by atoms with Crippen LogP contribution in [0.3, 0.4) is 0 Å². The molecule has 1 fully saturated rings. The van der Waals surface area contributed by atoms with Crippen LogP contribution in [-0.4, -0.2) is 70.5 Å². The third kappa shape index (κ3) is 11.5. The van der Waals surface area contributed by atoms with Crippen molar-refractivity contribution in [1.29, 1.82) is 0 Å². The topological polar surface area (TPSA) is 204 Å². The zero-order valence-electron chi connectivity index (χ0n) is 25.4. The van der Waals surface area contributed by atoms with Gasteiger partial charge in [-0.2, -0.15) is 0 Å². The van der Waals surface area contributed by atoms with E-state index in [9.17, 15) is 22.8 Å². The largest absolute Gasteiger partial charge is 0.496 e. The summed E-state index contributed by atoms with van der Waals surface area (Å²) in [6.45, 7) is 2.48. The molecule has 0 heterocycles. The summed E-state index contributed by atoms with van der Waals surface area (Å²) in [5.41, 5.74) is 12.5. The highest BCUT2D eigenvalue weighted by atomic mass is 35.5. The zero-order valence-corrected chi connectivity index (χ0v) is 27.0. The van der Waals surface area contributed by atoms with Gasteiger partial charge in [-0.1, -0.05) is 23.7 Å². The van der Waals surface area contributed by atoms with Crippen LogP contribution < -0.4 is 31.6 Å². The van der Waals surface area contributed by atoms with Crippen molar-refractivity contribution in [2.75, 3.05) is 20.2 Å². The molecule has 3 rings (SSSR count). The Morgan fingerprint density at radius 1 is 1.09 bits per heavy atom. The average molecular weight is 665 g/mol. The molecule has 2 aromatic carbocycles. The summed E-state index contributed by atoms with van der Waals surface area (Å²) in [4.78, 5) is 41.3. The maximum absolute atomic E-state index is 12.8. The van der Waals surface area contributed by atoms with Crippen molar-refractivity contribution in [2.45, 2.75) is 75.0 Å². The molecule has 1 aliphatic rings. The number of hydrogen-bond acceptors (Lipinski definition) is 9. The molecule has 15 heteroatoms. The van der Waals surface area contributed by atoms with E-state index in [1.165, 1.54) is 25.3 Å². The summed E-state index contributed by atoms with van der Waals surface area (Å²) in [5.74, 6) is 0.0513. The fraction of sp³-hybridized carbons (Fsp3) is 0.467. The average Bonchev–Trinajstić information content (AvgIpc) is 3.00. The van der Waals surface area contributed by atoms with Crippen LogP contribution >= 0.6 is 11.6 Å². The first kappa shape index (κ1) is 35.6. The van der Waals surface area contributed by atoms with Crippen LogP contribution in [0.25, 0.3) is 0 Å². The predicted molar refractivity (Wildman–Crippen MR) is 171 cm³/mol. The van der Waals surface area contributed by atoms with E-state index >= 15 is 0 Å². The van der Waals surface area contributed by atoms with Gasteiger partial charge in [-0.25, -0.2) is 17.9 Å². The Bertz CT molecular complexity index is 1460. The van der Waals surface area contributed by atoms with Crippen molar-refractivity contribution in [1.82, 2.24) is 15.4 Å². The number of methoxy groups -OCH3 is 1. The number of amidine groups is 1. The van der Waals surface area contributed by atoms with Crippen LogP contribution in [0.2, 0.25) is 5.02 Å². The lowest BCUT2D eigenvalue weighted by Gasteiger charge is -2.29. The van der Waals surface area contributed by atoms with Crippen molar-refractivity contribution in [3.8, 4) is 5.75 Å². The highest BCUT2D eigenvalue weighted by Crippen LogP contribution is 2.23. The van der Waals surface area contributed by atoms with E-state index in [1.54, 1.807) is 31.2 Å². The van der Waals surface area contributed by atoms with E-state index in [-0.39, 0.29) is 22.9 Å². The molecule has 2 aromatic rings. The Hall–Kier alpha value is -3.88. The number of nitrogens with two attached hydrogens (primary N) is 2. The second-order valence-corrected chi connectivity index (χ2v) is 12.9. The van der Waals surface area contributed by atoms with Gasteiger partial charge in [0.2, 0.25) is 0 Å². The summed E-state index contributed by atoms with van der Waals surface area (Å²) in [6, 6.07) is 8.91. The first-order valence-electron chi connectivity index (χ1n) is 14.6. The molecule has 1 saturated carbocycles. The summed E-state index contributed by atoms with van der Waals surface area (Å²) >= 11 is 5.99. The highest BCUT2D eigenvalue weighted by molar-refractivity contribution is 7.90. The Labute approximate surface area is 268 Å².